The number of hydrogen-bond acceptors (Lipinski definition) is 9. The summed E-state index contributed by atoms with van der Waals surface area (Å²) in [4.78, 5) is 30.3. The van der Waals surface area contributed by atoms with Crippen LogP contribution in [0.15, 0.2) is 39.9 Å². The molecule has 0 saturated heterocycles. The Morgan fingerprint density at radius 3 is 2.23 bits per heavy atom. The summed E-state index contributed by atoms with van der Waals surface area (Å²) in [6.07, 6.45) is 1.01. The van der Waals surface area contributed by atoms with Gasteiger partial charge < -0.3 is 5.11 Å². The molecule has 0 aliphatic heterocycles. The molecule has 0 unspecified atom stereocenters. The molecule has 0 heterocycles. The molecule has 0 radical (unpaired) electrons. The summed E-state index contributed by atoms with van der Waals surface area (Å²) in [5.41, 5.74) is 0.794. The third-order valence-corrected chi connectivity index (χ3v) is 3.67. The molecule has 2 rings (SSSR count). The lowest BCUT2D eigenvalue weighted by molar-refractivity contribution is -0.393. The van der Waals surface area contributed by atoms with E-state index in [1.54, 1.807) is 0 Å². The van der Waals surface area contributed by atoms with Gasteiger partial charge in [0.2, 0.25) is 0 Å². The zero-order valence-corrected chi connectivity index (χ0v) is 14.1. The number of aromatic hydroxyl groups is 1. The van der Waals surface area contributed by atoms with E-state index < -0.39 is 26.1 Å². The van der Waals surface area contributed by atoms with E-state index in [9.17, 15) is 35.4 Å². The van der Waals surface area contributed by atoms with E-state index in [2.05, 4.69) is 26.5 Å². The second-order valence-electron chi connectivity index (χ2n) is 4.71. The van der Waals surface area contributed by atoms with Crippen LogP contribution in [-0.4, -0.2) is 26.1 Å². The van der Waals surface area contributed by atoms with Crippen LogP contribution in [0.4, 0.5) is 22.7 Å². The minimum atomic E-state index is -0.827. The molecule has 0 spiro atoms. The van der Waals surface area contributed by atoms with Crippen molar-refractivity contribution in [3.8, 4) is 5.75 Å². The topological polar surface area (TPSA) is 174 Å². The molecule has 26 heavy (non-hydrogen) atoms. The van der Waals surface area contributed by atoms with Crippen LogP contribution in [0.1, 0.15) is 5.56 Å². The normalized spacial score (nSPS) is 10.7. The van der Waals surface area contributed by atoms with E-state index in [0.29, 0.717) is 0 Å². The molecular weight excluding hydrogens is 418 g/mol. The van der Waals surface area contributed by atoms with E-state index in [1.165, 1.54) is 0 Å². The fourth-order valence-electron chi connectivity index (χ4n) is 1.86. The second-order valence-corrected chi connectivity index (χ2v) is 5.56. The molecule has 134 valence electrons. The Morgan fingerprint density at radius 1 is 1.00 bits per heavy atom. The zero-order chi connectivity index (χ0) is 19.4. The number of nitrogens with zero attached hydrogens (tertiary/aromatic N) is 4. The third kappa shape index (κ3) is 4.07. The Bertz CT molecular complexity index is 947. The van der Waals surface area contributed by atoms with E-state index in [4.69, 9.17) is 0 Å². The predicted molar refractivity (Wildman–Crippen MR) is 93.4 cm³/mol. The van der Waals surface area contributed by atoms with Crippen LogP contribution in [0.3, 0.4) is 0 Å². The smallest absolute Gasteiger partial charge is 0.301 e. The van der Waals surface area contributed by atoms with E-state index in [0.717, 1.165) is 36.5 Å². The summed E-state index contributed by atoms with van der Waals surface area (Å²) in [6, 6.07) is 5.05. The van der Waals surface area contributed by atoms with Crippen LogP contribution < -0.4 is 5.43 Å². The molecule has 2 N–H and O–H groups in total. The van der Waals surface area contributed by atoms with Crippen LogP contribution in [0, 0.1) is 30.3 Å². The standard InChI is InChI=1S/C13H8BrN5O7/c14-10-4-9(18(23)24)3-7(13(10)20)6-15-16-11-2-1-8(17(21)22)5-12(11)19(25)26/h1-6,16,20H/b15-6+. The number of nitro groups is 3. The summed E-state index contributed by atoms with van der Waals surface area (Å²) in [5, 5.41) is 46.1. The Balaban J connectivity index is 2.33. The molecule has 0 atom stereocenters. The fourth-order valence-corrected chi connectivity index (χ4v) is 2.32. The summed E-state index contributed by atoms with van der Waals surface area (Å²) in [6.45, 7) is 0. The van der Waals surface area contributed by atoms with Gasteiger partial charge in [-0.05, 0) is 22.0 Å². The summed E-state index contributed by atoms with van der Waals surface area (Å²) >= 11 is 2.96. The molecule has 0 saturated carbocycles. The minimum absolute atomic E-state index is 0.0249. The molecule has 0 aliphatic carbocycles. The van der Waals surface area contributed by atoms with Crippen molar-refractivity contribution in [2.45, 2.75) is 0 Å². The number of nitro benzene ring substituents is 3. The van der Waals surface area contributed by atoms with Gasteiger partial charge in [-0.25, -0.2) is 0 Å². The van der Waals surface area contributed by atoms with Gasteiger partial charge >= 0.3 is 5.69 Å². The number of non-ortho nitro benzene ring substituents is 2. The van der Waals surface area contributed by atoms with Gasteiger partial charge in [0, 0.05) is 23.8 Å². The SMILES string of the molecule is O=[N+]([O-])c1cc(Br)c(O)c(/C=N/Nc2ccc([N+](=O)[O-])cc2[N+](=O)[O-])c1. The van der Waals surface area contributed by atoms with Gasteiger partial charge in [-0.3, -0.25) is 35.8 Å². The lowest BCUT2D eigenvalue weighted by Crippen LogP contribution is -1.99. The highest BCUT2D eigenvalue weighted by atomic mass is 79.9. The average Bonchev–Trinajstić information content (AvgIpc) is 2.58. The van der Waals surface area contributed by atoms with Crippen LogP contribution in [-0.2, 0) is 0 Å². The van der Waals surface area contributed by atoms with Crippen LogP contribution in [0.25, 0.3) is 0 Å². The number of hydrazone groups is 1. The third-order valence-electron chi connectivity index (χ3n) is 3.07. The maximum Gasteiger partial charge on any atom is 0.301 e. The Morgan fingerprint density at radius 2 is 1.65 bits per heavy atom. The molecule has 0 aliphatic rings. The van der Waals surface area contributed by atoms with Gasteiger partial charge in [0.25, 0.3) is 11.4 Å². The Kier molecular flexibility index (Phi) is 5.42. The van der Waals surface area contributed by atoms with Crippen molar-refractivity contribution in [2.75, 3.05) is 5.43 Å². The molecule has 2 aromatic carbocycles. The summed E-state index contributed by atoms with van der Waals surface area (Å²) in [7, 11) is 0. The zero-order valence-electron chi connectivity index (χ0n) is 12.5. The van der Waals surface area contributed by atoms with Crippen molar-refractivity contribution < 1.29 is 19.9 Å². The van der Waals surface area contributed by atoms with Crippen LogP contribution in [0.5, 0.6) is 5.75 Å². The first kappa shape index (κ1) is 18.7. The fraction of sp³-hybridized carbons (Fsp3) is 0. The van der Waals surface area contributed by atoms with E-state index >= 15 is 0 Å². The van der Waals surface area contributed by atoms with Gasteiger partial charge in [-0.15, -0.1) is 0 Å². The number of halogens is 1. The minimum Gasteiger partial charge on any atom is -0.506 e. The first-order chi connectivity index (χ1) is 12.2. The van der Waals surface area contributed by atoms with Gasteiger partial charge in [-0.1, -0.05) is 0 Å². The van der Waals surface area contributed by atoms with Crippen molar-refractivity contribution in [3.05, 3.63) is 70.7 Å². The molecule has 0 bridgehead atoms. The van der Waals surface area contributed by atoms with Gasteiger partial charge in [0.1, 0.15) is 11.4 Å². The van der Waals surface area contributed by atoms with Crippen LogP contribution in [0.2, 0.25) is 0 Å². The highest BCUT2D eigenvalue weighted by Crippen LogP contribution is 2.32. The lowest BCUT2D eigenvalue weighted by Gasteiger charge is -2.04. The van der Waals surface area contributed by atoms with Crippen molar-refractivity contribution in [3.63, 3.8) is 0 Å². The first-order valence-corrected chi connectivity index (χ1v) is 7.39. The highest BCUT2D eigenvalue weighted by Gasteiger charge is 2.19. The number of phenolic OH excluding ortho intramolecular Hbond substituents is 1. The van der Waals surface area contributed by atoms with Crippen LogP contribution >= 0.6 is 15.9 Å². The van der Waals surface area contributed by atoms with E-state index in [-0.39, 0.29) is 27.2 Å². The summed E-state index contributed by atoms with van der Waals surface area (Å²) < 4.78 is 0.0643. The lowest BCUT2D eigenvalue weighted by atomic mass is 10.2. The Hall–Kier alpha value is -3.61. The van der Waals surface area contributed by atoms with Crippen molar-refractivity contribution in [2.24, 2.45) is 5.10 Å². The monoisotopic (exact) mass is 425 g/mol. The van der Waals surface area contributed by atoms with Gasteiger partial charge in [-0.2, -0.15) is 5.10 Å². The highest BCUT2D eigenvalue weighted by molar-refractivity contribution is 9.10. The predicted octanol–water partition coefficient (Wildman–Crippen LogP) is 3.33. The number of rotatable bonds is 6. The number of benzene rings is 2. The number of phenols is 1. The number of nitrogens with one attached hydrogen (secondary N) is 1. The van der Waals surface area contributed by atoms with Crippen molar-refractivity contribution in [1.29, 1.82) is 0 Å². The molecule has 0 aromatic heterocycles. The van der Waals surface area contributed by atoms with E-state index in [1.807, 2.05) is 0 Å². The maximum absolute atomic E-state index is 11.0. The molecule has 2 aromatic rings. The molecule has 0 fully saturated rings. The Labute approximate surface area is 152 Å². The molecule has 0 amide bonds. The van der Waals surface area contributed by atoms with Crippen molar-refractivity contribution >= 4 is 44.9 Å². The van der Waals surface area contributed by atoms with Crippen molar-refractivity contribution in [1.82, 2.24) is 0 Å². The quantitative estimate of drug-likeness (QED) is 0.402. The summed E-state index contributed by atoms with van der Waals surface area (Å²) in [5.74, 6) is -0.320. The maximum atomic E-state index is 11.0. The van der Waals surface area contributed by atoms with Gasteiger partial charge in [0.05, 0.1) is 31.5 Å². The van der Waals surface area contributed by atoms with Gasteiger partial charge in [0.15, 0.2) is 0 Å². The number of anilines is 1. The first-order valence-electron chi connectivity index (χ1n) is 6.59. The molecule has 13 heteroatoms. The largest absolute Gasteiger partial charge is 0.506 e. The average molecular weight is 426 g/mol. The second kappa shape index (κ2) is 7.52. The molecular formula is C13H8BrN5O7. The molecule has 12 nitrogen and oxygen atoms in total. The number of hydrogen-bond donors (Lipinski definition) is 2.